The summed E-state index contributed by atoms with van der Waals surface area (Å²) in [6.07, 6.45) is 11.2. The van der Waals surface area contributed by atoms with Crippen molar-refractivity contribution in [3.8, 4) is 0 Å². The summed E-state index contributed by atoms with van der Waals surface area (Å²) in [6.45, 7) is 2.48. The van der Waals surface area contributed by atoms with E-state index in [0.29, 0.717) is 0 Å². The Balaban J connectivity index is 1.45. The van der Waals surface area contributed by atoms with Gasteiger partial charge in [0, 0.05) is 49.4 Å². The minimum atomic E-state index is 0.0159. The lowest BCUT2D eigenvalue weighted by molar-refractivity contribution is -0.126. The number of thiophene rings is 1. The lowest BCUT2D eigenvalue weighted by Gasteiger charge is -2.22. The quantitative estimate of drug-likeness (QED) is 0.761. The summed E-state index contributed by atoms with van der Waals surface area (Å²) in [6, 6.07) is 4.02. The largest absolute Gasteiger partial charge is 0.338 e. The number of aromatic nitrogens is 2. The molecule has 0 spiro atoms. The van der Waals surface area contributed by atoms with Crippen molar-refractivity contribution in [3.63, 3.8) is 0 Å². The highest BCUT2D eigenvalue weighted by Crippen LogP contribution is 2.36. The van der Waals surface area contributed by atoms with Crippen LogP contribution in [-0.4, -0.2) is 51.0 Å². The van der Waals surface area contributed by atoms with Crippen LogP contribution in [0.5, 0.6) is 0 Å². The molecule has 2 saturated heterocycles. The number of likely N-dealkylation sites (tertiary alicyclic amines) is 2. The average molecular weight is 385 g/mol. The lowest BCUT2D eigenvalue weighted by Crippen LogP contribution is -2.28. The third-order valence-electron chi connectivity index (χ3n) is 5.24. The van der Waals surface area contributed by atoms with E-state index in [2.05, 4.69) is 5.10 Å². The van der Waals surface area contributed by atoms with E-state index in [-0.39, 0.29) is 17.9 Å². The Morgan fingerprint density at radius 3 is 2.74 bits per heavy atom. The highest BCUT2D eigenvalue weighted by atomic mass is 32.1. The van der Waals surface area contributed by atoms with Crippen LogP contribution in [0.4, 0.5) is 0 Å². The first-order valence-electron chi connectivity index (χ1n) is 9.48. The van der Waals surface area contributed by atoms with Gasteiger partial charge in [0.2, 0.25) is 5.91 Å². The highest BCUT2D eigenvalue weighted by Gasteiger charge is 2.31. The fourth-order valence-electron chi connectivity index (χ4n) is 3.84. The second kappa shape index (κ2) is 7.68. The summed E-state index contributed by atoms with van der Waals surface area (Å²) >= 11 is 1.54. The minimum absolute atomic E-state index is 0.0159. The Kier molecular flexibility index (Phi) is 5.11. The van der Waals surface area contributed by atoms with E-state index in [4.69, 9.17) is 0 Å². The molecule has 27 heavy (non-hydrogen) atoms. The molecule has 4 rings (SSSR count). The predicted molar refractivity (Wildman–Crippen MR) is 105 cm³/mol. The molecule has 0 saturated carbocycles. The molecule has 0 aliphatic carbocycles. The van der Waals surface area contributed by atoms with Crippen LogP contribution in [0.2, 0.25) is 0 Å². The Morgan fingerprint density at radius 2 is 2.00 bits per heavy atom. The van der Waals surface area contributed by atoms with Crippen molar-refractivity contribution in [2.24, 2.45) is 7.05 Å². The van der Waals surface area contributed by atoms with Crippen molar-refractivity contribution in [3.05, 3.63) is 45.9 Å². The van der Waals surface area contributed by atoms with Crippen molar-refractivity contribution in [2.75, 3.05) is 19.6 Å². The maximum atomic E-state index is 12.7. The number of carbonyl (C=O) groups is 2. The van der Waals surface area contributed by atoms with Gasteiger partial charge < -0.3 is 9.80 Å². The molecule has 1 unspecified atom stereocenters. The average Bonchev–Trinajstić information content (AvgIpc) is 3.46. The number of hydrogen-bond donors (Lipinski definition) is 0. The summed E-state index contributed by atoms with van der Waals surface area (Å²) in [4.78, 5) is 31.0. The van der Waals surface area contributed by atoms with Crippen LogP contribution in [0.25, 0.3) is 6.08 Å². The summed E-state index contributed by atoms with van der Waals surface area (Å²) in [5.74, 6) is 0.151. The van der Waals surface area contributed by atoms with Gasteiger partial charge in [-0.05, 0) is 43.9 Å². The van der Waals surface area contributed by atoms with Crippen LogP contribution in [0, 0.1) is 0 Å². The Labute approximate surface area is 163 Å². The van der Waals surface area contributed by atoms with Crippen LogP contribution < -0.4 is 0 Å². The zero-order valence-corrected chi connectivity index (χ0v) is 16.3. The second-order valence-electron chi connectivity index (χ2n) is 7.17. The molecule has 6 nitrogen and oxygen atoms in total. The molecule has 2 aromatic heterocycles. The minimum Gasteiger partial charge on any atom is -0.338 e. The van der Waals surface area contributed by atoms with E-state index < -0.39 is 0 Å². The summed E-state index contributed by atoms with van der Waals surface area (Å²) in [5, 5.41) is 4.11. The second-order valence-corrected chi connectivity index (χ2v) is 8.29. The zero-order valence-electron chi connectivity index (χ0n) is 15.5. The van der Waals surface area contributed by atoms with E-state index in [1.54, 1.807) is 28.3 Å². The first-order valence-corrected chi connectivity index (χ1v) is 10.3. The highest BCUT2D eigenvalue weighted by molar-refractivity contribution is 7.14. The smallest absolute Gasteiger partial charge is 0.263 e. The van der Waals surface area contributed by atoms with E-state index >= 15 is 0 Å². The first-order chi connectivity index (χ1) is 13.1. The molecule has 2 aliphatic rings. The van der Waals surface area contributed by atoms with Gasteiger partial charge in [-0.3, -0.25) is 14.3 Å². The molecule has 0 radical (unpaired) electrons. The van der Waals surface area contributed by atoms with Gasteiger partial charge in [0.15, 0.2) is 0 Å². The molecule has 2 aliphatic heterocycles. The Bertz CT molecular complexity index is 863. The topological polar surface area (TPSA) is 58.4 Å². The van der Waals surface area contributed by atoms with Crippen LogP contribution in [-0.2, 0) is 11.8 Å². The van der Waals surface area contributed by atoms with Crippen molar-refractivity contribution in [1.82, 2.24) is 19.6 Å². The molecular formula is C20H24N4O2S. The molecule has 142 valence electrons. The monoisotopic (exact) mass is 384 g/mol. The zero-order chi connectivity index (χ0) is 18.8. The molecule has 0 bridgehead atoms. The lowest BCUT2D eigenvalue weighted by atomic mass is 10.2. The summed E-state index contributed by atoms with van der Waals surface area (Å²) in [7, 11) is 1.85. The summed E-state index contributed by atoms with van der Waals surface area (Å²) < 4.78 is 1.72. The fourth-order valence-corrected chi connectivity index (χ4v) is 4.96. The molecule has 1 atom stereocenters. The van der Waals surface area contributed by atoms with Gasteiger partial charge in [-0.15, -0.1) is 11.3 Å². The van der Waals surface area contributed by atoms with E-state index in [1.165, 1.54) is 0 Å². The third-order valence-corrected chi connectivity index (χ3v) is 6.41. The molecule has 0 aromatic carbocycles. The van der Waals surface area contributed by atoms with Crippen LogP contribution in [0.15, 0.2) is 30.6 Å². The number of hydrogen-bond acceptors (Lipinski definition) is 4. The Hall–Kier alpha value is -2.41. The van der Waals surface area contributed by atoms with E-state index in [1.807, 2.05) is 41.3 Å². The maximum absolute atomic E-state index is 12.7. The van der Waals surface area contributed by atoms with Crippen LogP contribution in [0.1, 0.15) is 51.8 Å². The van der Waals surface area contributed by atoms with Gasteiger partial charge in [0.05, 0.1) is 17.1 Å². The van der Waals surface area contributed by atoms with Crippen molar-refractivity contribution < 1.29 is 9.59 Å². The SMILES string of the molecule is Cn1cc(/C=C/C(=O)N2CCCC2c2ccc(C(=O)N3CCCC3)s2)cn1. The fraction of sp³-hybridized carbons (Fsp3) is 0.450. The molecule has 2 fully saturated rings. The van der Waals surface area contributed by atoms with Crippen molar-refractivity contribution in [1.29, 1.82) is 0 Å². The normalized spacial score (nSPS) is 20.1. The van der Waals surface area contributed by atoms with Gasteiger partial charge in [-0.25, -0.2) is 0 Å². The molecule has 4 heterocycles. The Morgan fingerprint density at radius 1 is 1.19 bits per heavy atom. The number of rotatable bonds is 4. The van der Waals surface area contributed by atoms with E-state index in [0.717, 1.165) is 60.6 Å². The van der Waals surface area contributed by atoms with Gasteiger partial charge >= 0.3 is 0 Å². The molecule has 7 heteroatoms. The van der Waals surface area contributed by atoms with Crippen LogP contribution in [0.3, 0.4) is 0 Å². The number of nitrogens with zero attached hydrogens (tertiary/aromatic N) is 4. The van der Waals surface area contributed by atoms with Gasteiger partial charge in [0.1, 0.15) is 0 Å². The molecule has 2 aromatic rings. The van der Waals surface area contributed by atoms with Crippen molar-refractivity contribution in [2.45, 2.75) is 31.7 Å². The predicted octanol–water partition coefficient (Wildman–Crippen LogP) is 3.09. The van der Waals surface area contributed by atoms with Gasteiger partial charge in [-0.2, -0.15) is 5.10 Å². The number of aryl methyl sites for hydroxylation is 1. The number of amides is 2. The maximum Gasteiger partial charge on any atom is 0.263 e. The summed E-state index contributed by atoms with van der Waals surface area (Å²) in [5.41, 5.74) is 0.913. The molecule has 2 amide bonds. The van der Waals surface area contributed by atoms with Gasteiger partial charge in [-0.1, -0.05) is 0 Å². The third kappa shape index (κ3) is 3.83. The van der Waals surface area contributed by atoms with Gasteiger partial charge in [0.25, 0.3) is 5.91 Å². The standard InChI is InChI=1S/C20H24N4O2S/c1-22-14-15(13-21-22)6-9-19(25)24-12-4-5-16(24)17-7-8-18(27-17)20(26)23-10-2-3-11-23/h6-9,13-14,16H,2-5,10-12H2,1H3/b9-6+. The van der Waals surface area contributed by atoms with E-state index in [9.17, 15) is 9.59 Å². The molecule has 0 N–H and O–H groups in total. The van der Waals surface area contributed by atoms with Crippen LogP contribution >= 0.6 is 11.3 Å². The molecular weight excluding hydrogens is 360 g/mol. The number of carbonyl (C=O) groups excluding carboxylic acids is 2. The van der Waals surface area contributed by atoms with Crippen molar-refractivity contribution >= 4 is 29.2 Å². The first kappa shape index (κ1) is 18.0.